The summed E-state index contributed by atoms with van der Waals surface area (Å²) in [5, 5.41) is 8.81. The van der Waals surface area contributed by atoms with Crippen molar-refractivity contribution in [1.29, 1.82) is 0 Å². The van der Waals surface area contributed by atoms with Crippen molar-refractivity contribution >= 4 is 17.7 Å². The van der Waals surface area contributed by atoms with Crippen LogP contribution in [-0.2, 0) is 9.53 Å². The lowest BCUT2D eigenvalue weighted by molar-refractivity contribution is -0.137. The van der Waals surface area contributed by atoms with E-state index in [0.29, 0.717) is 11.4 Å². The third-order valence-corrected chi connectivity index (χ3v) is 2.70. The van der Waals surface area contributed by atoms with Crippen molar-refractivity contribution < 1.29 is 24.2 Å². The minimum atomic E-state index is -0.966. The zero-order valence-electron chi connectivity index (χ0n) is 9.83. The first-order valence-electron chi connectivity index (χ1n) is 5.43. The van der Waals surface area contributed by atoms with Crippen LogP contribution >= 0.6 is 0 Å². The quantitative estimate of drug-likeness (QED) is 0.877. The number of ether oxygens (including phenoxy) is 2. The van der Waals surface area contributed by atoms with Gasteiger partial charge in [0.2, 0.25) is 0 Å². The van der Waals surface area contributed by atoms with Gasteiger partial charge in [-0.1, -0.05) is 6.07 Å². The van der Waals surface area contributed by atoms with E-state index in [1.54, 1.807) is 24.3 Å². The molecule has 0 saturated carbocycles. The molecule has 0 aromatic heterocycles. The highest BCUT2D eigenvalue weighted by Gasteiger charge is 2.35. The van der Waals surface area contributed by atoms with E-state index in [-0.39, 0.29) is 13.0 Å². The van der Waals surface area contributed by atoms with E-state index in [1.165, 1.54) is 12.0 Å². The van der Waals surface area contributed by atoms with Crippen LogP contribution in [0.15, 0.2) is 24.3 Å². The number of carbonyl (C=O) groups is 2. The number of benzene rings is 1. The Balaban J connectivity index is 2.27. The normalized spacial score (nSPS) is 18.6. The fourth-order valence-corrected chi connectivity index (χ4v) is 1.89. The van der Waals surface area contributed by atoms with Gasteiger partial charge in [-0.3, -0.25) is 9.69 Å². The number of methoxy groups -OCH3 is 1. The Bertz CT molecular complexity index is 473. The Morgan fingerprint density at radius 2 is 2.39 bits per heavy atom. The molecule has 1 amide bonds. The average molecular weight is 251 g/mol. The lowest BCUT2D eigenvalue weighted by Crippen LogP contribution is -2.35. The van der Waals surface area contributed by atoms with Gasteiger partial charge < -0.3 is 14.6 Å². The molecule has 0 aliphatic carbocycles. The van der Waals surface area contributed by atoms with Gasteiger partial charge in [0, 0.05) is 6.07 Å². The van der Waals surface area contributed by atoms with E-state index in [2.05, 4.69) is 0 Å². The molecular formula is C12H13NO5. The van der Waals surface area contributed by atoms with Gasteiger partial charge in [0.15, 0.2) is 0 Å². The molecule has 1 atom stereocenters. The number of cyclic esters (lactones) is 1. The number of hydrogen-bond donors (Lipinski definition) is 1. The zero-order valence-corrected chi connectivity index (χ0v) is 9.83. The topological polar surface area (TPSA) is 76.1 Å². The monoisotopic (exact) mass is 251 g/mol. The van der Waals surface area contributed by atoms with Crippen LogP contribution in [0, 0.1) is 0 Å². The average Bonchev–Trinajstić information content (AvgIpc) is 2.70. The van der Waals surface area contributed by atoms with Crippen molar-refractivity contribution in [2.75, 3.05) is 18.6 Å². The van der Waals surface area contributed by atoms with Crippen LogP contribution in [0.4, 0.5) is 10.5 Å². The summed E-state index contributed by atoms with van der Waals surface area (Å²) >= 11 is 0. The fourth-order valence-electron chi connectivity index (χ4n) is 1.89. The number of rotatable bonds is 4. The van der Waals surface area contributed by atoms with Gasteiger partial charge in [0.05, 0.1) is 25.3 Å². The maximum absolute atomic E-state index is 11.6. The molecule has 0 bridgehead atoms. The van der Waals surface area contributed by atoms with E-state index in [4.69, 9.17) is 14.6 Å². The highest BCUT2D eigenvalue weighted by Crippen LogP contribution is 2.27. The number of carboxylic acid groups (broad SMARTS) is 1. The predicted octanol–water partition coefficient (Wildman–Crippen LogP) is 1.50. The second-order valence-corrected chi connectivity index (χ2v) is 3.90. The molecule has 0 spiro atoms. The molecule has 6 nitrogen and oxygen atoms in total. The molecule has 1 unspecified atom stereocenters. The van der Waals surface area contributed by atoms with Crippen molar-refractivity contribution in [2.24, 2.45) is 0 Å². The largest absolute Gasteiger partial charge is 0.497 e. The molecule has 6 heteroatoms. The second kappa shape index (κ2) is 4.95. The number of nitrogens with zero attached hydrogens (tertiary/aromatic N) is 1. The van der Waals surface area contributed by atoms with Gasteiger partial charge in [0.25, 0.3) is 0 Å². The lowest BCUT2D eigenvalue weighted by Gasteiger charge is -2.20. The molecule has 2 rings (SSSR count). The lowest BCUT2D eigenvalue weighted by atomic mass is 10.2. The minimum Gasteiger partial charge on any atom is -0.497 e. The Labute approximate surface area is 104 Å². The van der Waals surface area contributed by atoms with E-state index in [0.717, 1.165) is 0 Å². The van der Waals surface area contributed by atoms with Gasteiger partial charge >= 0.3 is 12.1 Å². The maximum Gasteiger partial charge on any atom is 0.414 e. The van der Waals surface area contributed by atoms with Crippen LogP contribution in [0.25, 0.3) is 0 Å². The fraction of sp³-hybridized carbons (Fsp3) is 0.333. The van der Waals surface area contributed by atoms with Gasteiger partial charge in [-0.05, 0) is 12.1 Å². The van der Waals surface area contributed by atoms with E-state index in [9.17, 15) is 9.59 Å². The molecule has 1 fully saturated rings. The van der Waals surface area contributed by atoms with Crippen LogP contribution < -0.4 is 9.64 Å². The number of carbonyl (C=O) groups excluding carboxylic acids is 1. The zero-order chi connectivity index (χ0) is 13.1. The number of carboxylic acids is 1. The second-order valence-electron chi connectivity index (χ2n) is 3.90. The molecule has 1 heterocycles. The number of hydrogen-bond acceptors (Lipinski definition) is 4. The van der Waals surface area contributed by atoms with Crippen LogP contribution in [0.1, 0.15) is 6.42 Å². The molecule has 0 radical (unpaired) electrons. The van der Waals surface area contributed by atoms with Crippen molar-refractivity contribution in [2.45, 2.75) is 12.5 Å². The Kier molecular flexibility index (Phi) is 3.36. The number of anilines is 1. The van der Waals surface area contributed by atoms with Gasteiger partial charge in [-0.25, -0.2) is 4.79 Å². The van der Waals surface area contributed by atoms with Gasteiger partial charge in [0.1, 0.15) is 12.4 Å². The summed E-state index contributed by atoms with van der Waals surface area (Å²) < 4.78 is 9.96. The molecular weight excluding hydrogens is 238 g/mol. The van der Waals surface area contributed by atoms with E-state index in [1.807, 2.05) is 0 Å². The molecule has 1 saturated heterocycles. The summed E-state index contributed by atoms with van der Waals surface area (Å²) in [4.78, 5) is 23.7. The van der Waals surface area contributed by atoms with Crippen LogP contribution in [0.3, 0.4) is 0 Å². The first-order valence-corrected chi connectivity index (χ1v) is 5.43. The van der Waals surface area contributed by atoms with Crippen LogP contribution in [-0.4, -0.2) is 36.9 Å². The third-order valence-electron chi connectivity index (χ3n) is 2.70. The summed E-state index contributed by atoms with van der Waals surface area (Å²) in [5.41, 5.74) is 0.572. The van der Waals surface area contributed by atoms with Crippen molar-refractivity contribution in [3.8, 4) is 5.75 Å². The molecule has 1 N–H and O–H groups in total. The molecule has 96 valence electrons. The summed E-state index contributed by atoms with van der Waals surface area (Å²) in [6.07, 6.45) is -0.683. The molecule has 1 aromatic carbocycles. The Morgan fingerprint density at radius 1 is 1.61 bits per heavy atom. The summed E-state index contributed by atoms with van der Waals surface area (Å²) in [6, 6.07) is 6.38. The SMILES string of the molecule is COc1cccc(N2C(=O)OCC2CC(=O)O)c1. The smallest absolute Gasteiger partial charge is 0.414 e. The van der Waals surface area contributed by atoms with Crippen LogP contribution in [0.5, 0.6) is 5.75 Å². The maximum atomic E-state index is 11.6. The summed E-state index contributed by atoms with van der Waals surface area (Å²) in [7, 11) is 1.52. The molecule has 1 aliphatic heterocycles. The minimum absolute atomic E-state index is 0.0857. The predicted molar refractivity (Wildman–Crippen MR) is 62.9 cm³/mol. The molecule has 1 aliphatic rings. The van der Waals surface area contributed by atoms with Gasteiger partial charge in [-0.2, -0.15) is 0 Å². The van der Waals surface area contributed by atoms with Crippen molar-refractivity contribution in [3.63, 3.8) is 0 Å². The molecule has 1 aromatic rings. The summed E-state index contributed by atoms with van der Waals surface area (Å²) in [5.74, 6) is -0.368. The Hall–Kier alpha value is -2.24. The summed E-state index contributed by atoms with van der Waals surface area (Å²) in [6.45, 7) is 0.0857. The number of amides is 1. The van der Waals surface area contributed by atoms with Crippen molar-refractivity contribution in [3.05, 3.63) is 24.3 Å². The third kappa shape index (κ3) is 2.37. The Morgan fingerprint density at radius 3 is 3.06 bits per heavy atom. The van der Waals surface area contributed by atoms with E-state index < -0.39 is 18.1 Å². The highest BCUT2D eigenvalue weighted by atomic mass is 16.6. The van der Waals surface area contributed by atoms with Crippen molar-refractivity contribution in [1.82, 2.24) is 0 Å². The number of aliphatic carboxylic acids is 1. The van der Waals surface area contributed by atoms with Gasteiger partial charge in [-0.15, -0.1) is 0 Å². The highest BCUT2D eigenvalue weighted by molar-refractivity contribution is 5.91. The standard InChI is InChI=1S/C12H13NO5/c1-17-10-4-2-3-8(5-10)13-9(6-11(14)15)7-18-12(13)16/h2-5,9H,6-7H2,1H3,(H,14,15). The molecule has 18 heavy (non-hydrogen) atoms. The van der Waals surface area contributed by atoms with Crippen LogP contribution in [0.2, 0.25) is 0 Å². The van der Waals surface area contributed by atoms with E-state index >= 15 is 0 Å². The first kappa shape index (κ1) is 12.2. The first-order chi connectivity index (χ1) is 8.61.